The van der Waals surface area contributed by atoms with Gasteiger partial charge in [-0.1, -0.05) is 0 Å². The molecule has 2 heterocycles. The summed E-state index contributed by atoms with van der Waals surface area (Å²) in [7, 11) is 1.59. The Hall–Kier alpha value is -2.77. The molecular formula is C16H17FN4O3. The molecule has 0 bridgehead atoms. The monoisotopic (exact) mass is 332 g/mol. The fourth-order valence-corrected chi connectivity index (χ4v) is 3.01. The molecule has 0 aliphatic carbocycles. The summed E-state index contributed by atoms with van der Waals surface area (Å²) < 4.78 is 14.8. The normalized spacial score (nSPS) is 15.7. The van der Waals surface area contributed by atoms with Gasteiger partial charge in [0.05, 0.1) is 10.9 Å². The van der Waals surface area contributed by atoms with E-state index in [1.807, 2.05) is 0 Å². The average Bonchev–Trinajstić information content (AvgIpc) is 2.57. The van der Waals surface area contributed by atoms with Crippen molar-refractivity contribution in [2.75, 3.05) is 13.1 Å². The number of hydrogen-bond acceptors (Lipinski definition) is 4. The van der Waals surface area contributed by atoms with E-state index in [1.54, 1.807) is 7.05 Å². The summed E-state index contributed by atoms with van der Waals surface area (Å²) >= 11 is 0. The Morgan fingerprint density at radius 2 is 1.96 bits per heavy atom. The lowest BCUT2D eigenvalue weighted by Crippen LogP contribution is -2.43. The number of nitrogens with two attached hydrogens (primary N) is 1. The lowest BCUT2D eigenvalue weighted by atomic mass is 9.96. The summed E-state index contributed by atoms with van der Waals surface area (Å²) in [6, 6.07) is 3.79. The van der Waals surface area contributed by atoms with E-state index < -0.39 is 17.2 Å². The minimum atomic E-state index is -0.593. The Bertz CT molecular complexity index is 885. The van der Waals surface area contributed by atoms with Crippen LogP contribution in [0.5, 0.6) is 0 Å². The number of carbonyl (C=O) groups is 2. The molecule has 1 saturated heterocycles. The summed E-state index contributed by atoms with van der Waals surface area (Å²) in [5.74, 6) is -1.69. The van der Waals surface area contributed by atoms with Crippen LogP contribution in [0.25, 0.3) is 10.9 Å². The number of halogens is 1. The van der Waals surface area contributed by atoms with Crippen molar-refractivity contribution in [3.8, 4) is 0 Å². The van der Waals surface area contributed by atoms with Gasteiger partial charge >= 0.3 is 0 Å². The summed E-state index contributed by atoms with van der Waals surface area (Å²) in [4.78, 5) is 37.8. The minimum absolute atomic E-state index is 0.114. The number of aromatic nitrogens is 2. The molecule has 0 unspecified atom stereocenters. The molecule has 2 aromatic rings. The number of aryl methyl sites for hydroxylation is 1. The lowest BCUT2D eigenvalue weighted by Gasteiger charge is -2.30. The predicted octanol–water partition coefficient (Wildman–Crippen LogP) is 0.410. The SMILES string of the molecule is Cn1nc(C(=O)N2CCC(C(N)=O)CC2)c(=O)c2cc(F)ccc21. The van der Waals surface area contributed by atoms with Crippen LogP contribution in [0, 0.1) is 11.7 Å². The van der Waals surface area contributed by atoms with E-state index in [4.69, 9.17) is 5.73 Å². The number of likely N-dealkylation sites (tertiary alicyclic amines) is 1. The molecule has 1 aliphatic rings. The van der Waals surface area contributed by atoms with Crippen molar-refractivity contribution in [3.63, 3.8) is 0 Å². The molecule has 1 fully saturated rings. The molecule has 0 saturated carbocycles. The molecular weight excluding hydrogens is 315 g/mol. The first-order chi connectivity index (χ1) is 11.4. The molecule has 0 spiro atoms. The Balaban J connectivity index is 1.95. The van der Waals surface area contributed by atoms with Crippen LogP contribution in [0.1, 0.15) is 23.3 Å². The number of fused-ring (bicyclic) bond motifs is 1. The lowest BCUT2D eigenvalue weighted by molar-refractivity contribution is -0.123. The zero-order valence-corrected chi connectivity index (χ0v) is 13.2. The highest BCUT2D eigenvalue weighted by Gasteiger charge is 2.29. The van der Waals surface area contributed by atoms with Crippen LogP contribution in [0.2, 0.25) is 0 Å². The van der Waals surface area contributed by atoms with Crippen molar-refractivity contribution in [2.45, 2.75) is 12.8 Å². The third-order valence-electron chi connectivity index (χ3n) is 4.40. The third kappa shape index (κ3) is 2.75. The summed E-state index contributed by atoms with van der Waals surface area (Å²) in [5, 5.41) is 4.17. The fourth-order valence-electron chi connectivity index (χ4n) is 3.01. The average molecular weight is 332 g/mol. The van der Waals surface area contributed by atoms with E-state index in [-0.39, 0.29) is 22.9 Å². The molecule has 24 heavy (non-hydrogen) atoms. The molecule has 2 amide bonds. The maximum absolute atomic E-state index is 13.4. The smallest absolute Gasteiger partial charge is 0.278 e. The summed E-state index contributed by atoms with van der Waals surface area (Å²) in [5.41, 5.74) is 4.89. The fraction of sp³-hybridized carbons (Fsp3) is 0.375. The van der Waals surface area contributed by atoms with E-state index >= 15 is 0 Å². The van der Waals surface area contributed by atoms with Crippen molar-refractivity contribution >= 4 is 22.7 Å². The Morgan fingerprint density at radius 3 is 2.58 bits per heavy atom. The van der Waals surface area contributed by atoms with Crippen LogP contribution in [0.15, 0.2) is 23.0 Å². The van der Waals surface area contributed by atoms with Gasteiger partial charge in [0.25, 0.3) is 5.91 Å². The Labute approximate surface area is 136 Å². The van der Waals surface area contributed by atoms with Crippen molar-refractivity contribution in [1.82, 2.24) is 14.7 Å². The van der Waals surface area contributed by atoms with Gasteiger partial charge < -0.3 is 10.6 Å². The Morgan fingerprint density at radius 1 is 1.29 bits per heavy atom. The molecule has 126 valence electrons. The van der Waals surface area contributed by atoms with E-state index in [2.05, 4.69) is 5.10 Å². The van der Waals surface area contributed by atoms with Gasteiger partial charge in [0.2, 0.25) is 11.3 Å². The molecule has 7 nitrogen and oxygen atoms in total. The second-order valence-corrected chi connectivity index (χ2v) is 5.93. The standard InChI is InChI=1S/C16H17FN4O3/c1-20-12-3-2-10(17)8-11(12)14(22)13(19-20)16(24)21-6-4-9(5-7-21)15(18)23/h2-3,8-9H,4-7H2,1H3,(H2,18,23). The molecule has 1 aromatic heterocycles. The number of benzene rings is 1. The van der Waals surface area contributed by atoms with Gasteiger partial charge in [-0.15, -0.1) is 0 Å². The van der Waals surface area contributed by atoms with E-state index in [0.29, 0.717) is 31.4 Å². The molecule has 1 aromatic carbocycles. The number of hydrogen-bond donors (Lipinski definition) is 1. The first-order valence-electron chi connectivity index (χ1n) is 7.63. The first-order valence-corrected chi connectivity index (χ1v) is 7.63. The third-order valence-corrected chi connectivity index (χ3v) is 4.40. The molecule has 1 aliphatic heterocycles. The molecule has 0 atom stereocenters. The van der Waals surface area contributed by atoms with Crippen LogP contribution >= 0.6 is 0 Å². The highest BCUT2D eigenvalue weighted by Crippen LogP contribution is 2.18. The van der Waals surface area contributed by atoms with Crippen LogP contribution in [-0.4, -0.2) is 39.6 Å². The van der Waals surface area contributed by atoms with Gasteiger partial charge in [-0.2, -0.15) is 5.10 Å². The number of carbonyl (C=O) groups excluding carboxylic acids is 2. The van der Waals surface area contributed by atoms with Gasteiger partial charge in [-0.3, -0.25) is 19.1 Å². The van der Waals surface area contributed by atoms with E-state index in [9.17, 15) is 18.8 Å². The first kappa shape index (κ1) is 16.1. The van der Waals surface area contributed by atoms with Crippen molar-refractivity contribution in [2.24, 2.45) is 18.7 Å². The topological polar surface area (TPSA) is 98.3 Å². The molecule has 2 N–H and O–H groups in total. The quantitative estimate of drug-likeness (QED) is 0.861. The van der Waals surface area contributed by atoms with E-state index in [1.165, 1.54) is 21.7 Å². The highest BCUT2D eigenvalue weighted by molar-refractivity contribution is 5.95. The number of piperidine rings is 1. The minimum Gasteiger partial charge on any atom is -0.369 e. The zero-order chi connectivity index (χ0) is 17.4. The van der Waals surface area contributed by atoms with Crippen molar-refractivity contribution in [1.29, 1.82) is 0 Å². The van der Waals surface area contributed by atoms with Gasteiger partial charge in [0, 0.05) is 26.1 Å². The number of primary amides is 1. The maximum Gasteiger partial charge on any atom is 0.278 e. The van der Waals surface area contributed by atoms with Crippen molar-refractivity contribution in [3.05, 3.63) is 39.9 Å². The van der Waals surface area contributed by atoms with Crippen LogP contribution in [-0.2, 0) is 11.8 Å². The summed E-state index contributed by atoms with van der Waals surface area (Å²) in [6.45, 7) is 0.664. The molecule has 8 heteroatoms. The molecule has 0 radical (unpaired) electrons. The summed E-state index contributed by atoms with van der Waals surface area (Å²) in [6.07, 6.45) is 0.924. The largest absolute Gasteiger partial charge is 0.369 e. The number of nitrogens with zero attached hydrogens (tertiary/aromatic N) is 3. The predicted molar refractivity (Wildman–Crippen MR) is 84.8 cm³/mol. The van der Waals surface area contributed by atoms with Gasteiger partial charge in [0.15, 0.2) is 5.69 Å². The van der Waals surface area contributed by atoms with Gasteiger partial charge in [-0.05, 0) is 31.0 Å². The van der Waals surface area contributed by atoms with Gasteiger partial charge in [0.1, 0.15) is 5.82 Å². The van der Waals surface area contributed by atoms with Crippen LogP contribution in [0.4, 0.5) is 4.39 Å². The number of amides is 2. The highest BCUT2D eigenvalue weighted by atomic mass is 19.1. The van der Waals surface area contributed by atoms with Crippen LogP contribution in [0.3, 0.4) is 0 Å². The van der Waals surface area contributed by atoms with E-state index in [0.717, 1.165) is 6.07 Å². The second-order valence-electron chi connectivity index (χ2n) is 5.93. The van der Waals surface area contributed by atoms with Crippen LogP contribution < -0.4 is 11.2 Å². The number of rotatable bonds is 2. The van der Waals surface area contributed by atoms with Crippen molar-refractivity contribution < 1.29 is 14.0 Å². The second kappa shape index (κ2) is 6.03. The zero-order valence-electron chi connectivity index (χ0n) is 13.2. The van der Waals surface area contributed by atoms with Gasteiger partial charge in [-0.25, -0.2) is 4.39 Å². The Kier molecular flexibility index (Phi) is 4.04. The molecule has 3 rings (SSSR count). The maximum atomic E-state index is 13.4.